The van der Waals surface area contributed by atoms with Crippen molar-refractivity contribution in [1.29, 1.82) is 0 Å². The van der Waals surface area contributed by atoms with Crippen molar-refractivity contribution in [2.45, 2.75) is 25.1 Å². The minimum atomic E-state index is -3.26. The molecule has 4 rings (SSSR count). The van der Waals surface area contributed by atoms with Crippen molar-refractivity contribution in [2.75, 3.05) is 17.7 Å². The Kier molecular flexibility index (Phi) is 4.47. The quantitative estimate of drug-likeness (QED) is 0.694. The first kappa shape index (κ1) is 17.7. The van der Waals surface area contributed by atoms with Gasteiger partial charge < -0.3 is 9.47 Å². The lowest BCUT2D eigenvalue weighted by Gasteiger charge is -2.29. The lowest BCUT2D eigenvalue weighted by atomic mass is 10.0. The van der Waals surface area contributed by atoms with Crippen LogP contribution in [0, 0.1) is 0 Å². The third-order valence-electron chi connectivity index (χ3n) is 4.83. The van der Waals surface area contributed by atoms with Crippen molar-refractivity contribution in [3.05, 3.63) is 59.9 Å². The summed E-state index contributed by atoms with van der Waals surface area (Å²) in [6.45, 7) is 0.740. The number of anilines is 1. The lowest BCUT2D eigenvalue weighted by molar-refractivity contribution is -0.119. The Morgan fingerprint density at radius 2 is 1.85 bits per heavy atom. The number of hydrogen-bond donors (Lipinski definition) is 0. The van der Waals surface area contributed by atoms with Crippen LogP contribution < -0.4 is 4.90 Å². The number of amides is 1. The summed E-state index contributed by atoms with van der Waals surface area (Å²) in [4.78, 5) is 19.4. The van der Waals surface area contributed by atoms with Gasteiger partial charge in [0.15, 0.2) is 9.84 Å². The molecule has 0 spiro atoms. The third-order valence-corrected chi connectivity index (χ3v) is 5.61. The molecular weight excluding hydrogens is 362 g/mol. The topological polar surface area (TPSA) is 72.3 Å². The van der Waals surface area contributed by atoms with E-state index in [2.05, 4.69) is 11.1 Å². The van der Waals surface area contributed by atoms with E-state index >= 15 is 0 Å². The number of carbonyl (C=O) groups excluding carboxylic acids is 1. The van der Waals surface area contributed by atoms with E-state index in [0.717, 1.165) is 24.0 Å². The number of para-hydroxylation sites is 3. The Balaban J connectivity index is 1.71. The van der Waals surface area contributed by atoms with E-state index in [0.29, 0.717) is 17.9 Å². The first-order chi connectivity index (χ1) is 12.9. The molecule has 2 heterocycles. The van der Waals surface area contributed by atoms with Crippen molar-refractivity contribution >= 4 is 32.5 Å². The molecule has 1 aliphatic heterocycles. The summed E-state index contributed by atoms with van der Waals surface area (Å²) >= 11 is 0. The maximum absolute atomic E-state index is 13.1. The van der Waals surface area contributed by atoms with Crippen LogP contribution in [0.5, 0.6) is 0 Å². The first-order valence-corrected chi connectivity index (χ1v) is 11.0. The van der Waals surface area contributed by atoms with Gasteiger partial charge >= 0.3 is 0 Å². The van der Waals surface area contributed by atoms with Gasteiger partial charge in [-0.05, 0) is 36.6 Å². The molecule has 140 valence electrons. The largest absolute Gasteiger partial charge is 0.318 e. The smallest absolute Gasteiger partial charge is 0.246 e. The molecule has 0 radical (unpaired) electrons. The number of aryl methyl sites for hydroxylation is 1. The summed E-state index contributed by atoms with van der Waals surface area (Å²) in [6.07, 6.45) is 3.07. The number of aromatic nitrogens is 2. The number of fused-ring (bicyclic) bond motifs is 2. The zero-order chi connectivity index (χ0) is 19.0. The second-order valence-electron chi connectivity index (χ2n) is 6.95. The summed E-state index contributed by atoms with van der Waals surface area (Å²) in [7, 11) is -3.26. The maximum atomic E-state index is 13.1. The van der Waals surface area contributed by atoms with Gasteiger partial charge in [0.25, 0.3) is 0 Å². The molecule has 1 amide bonds. The molecule has 0 aliphatic carbocycles. The van der Waals surface area contributed by atoms with Crippen molar-refractivity contribution in [3.8, 4) is 0 Å². The van der Waals surface area contributed by atoms with Crippen molar-refractivity contribution in [1.82, 2.24) is 9.55 Å². The number of benzene rings is 2. The normalized spacial score (nSPS) is 14.3. The SMILES string of the molecule is CS(=O)(=O)Cc1nc2ccccc2n1CC(=O)N1CCCc2ccccc21. The maximum Gasteiger partial charge on any atom is 0.246 e. The van der Waals surface area contributed by atoms with Crippen LogP contribution in [0.4, 0.5) is 5.69 Å². The highest BCUT2D eigenvalue weighted by Gasteiger charge is 2.24. The summed E-state index contributed by atoms with van der Waals surface area (Å²) < 4.78 is 25.4. The van der Waals surface area contributed by atoms with Gasteiger partial charge in [-0.15, -0.1) is 0 Å². The van der Waals surface area contributed by atoms with Crippen molar-refractivity contribution in [3.63, 3.8) is 0 Å². The standard InChI is InChI=1S/C20H21N3O3S/c1-27(25,26)14-19-21-16-9-3-5-11-18(16)23(19)13-20(24)22-12-6-8-15-7-2-4-10-17(15)22/h2-5,7,9-11H,6,8,12-14H2,1H3. The Hall–Kier alpha value is -2.67. The van der Waals surface area contributed by atoms with Gasteiger partial charge in [-0.3, -0.25) is 4.79 Å². The van der Waals surface area contributed by atoms with Crippen molar-refractivity contribution in [2.24, 2.45) is 0 Å². The van der Waals surface area contributed by atoms with E-state index in [4.69, 9.17) is 0 Å². The fraction of sp³-hybridized carbons (Fsp3) is 0.300. The van der Waals surface area contributed by atoms with Crippen LogP contribution in [-0.2, 0) is 33.4 Å². The number of carbonyl (C=O) groups is 1. The summed E-state index contributed by atoms with van der Waals surface area (Å²) in [6, 6.07) is 15.4. The minimum absolute atomic E-state index is 0.0555. The van der Waals surface area contributed by atoms with E-state index in [-0.39, 0.29) is 18.2 Å². The van der Waals surface area contributed by atoms with Gasteiger partial charge in [0.2, 0.25) is 5.91 Å². The molecule has 0 saturated heterocycles. The van der Waals surface area contributed by atoms with Crippen LogP contribution in [-0.4, -0.2) is 36.7 Å². The molecule has 27 heavy (non-hydrogen) atoms. The highest BCUT2D eigenvalue weighted by Crippen LogP contribution is 2.27. The fourth-order valence-electron chi connectivity index (χ4n) is 3.66. The number of sulfone groups is 1. The molecule has 0 bridgehead atoms. The molecule has 0 N–H and O–H groups in total. The van der Waals surface area contributed by atoms with E-state index in [1.807, 2.05) is 42.5 Å². The summed E-state index contributed by atoms with van der Waals surface area (Å²) in [5.74, 6) is 0.156. The van der Waals surface area contributed by atoms with Gasteiger partial charge in [0.05, 0.1) is 11.0 Å². The Morgan fingerprint density at radius 1 is 1.11 bits per heavy atom. The Morgan fingerprint density at radius 3 is 2.67 bits per heavy atom. The number of rotatable bonds is 4. The highest BCUT2D eigenvalue weighted by atomic mass is 32.2. The Labute approximate surface area is 158 Å². The first-order valence-electron chi connectivity index (χ1n) is 8.92. The monoisotopic (exact) mass is 383 g/mol. The number of hydrogen-bond acceptors (Lipinski definition) is 4. The van der Waals surface area contributed by atoms with E-state index in [1.165, 1.54) is 11.8 Å². The van der Waals surface area contributed by atoms with Crippen LogP contribution >= 0.6 is 0 Å². The summed E-state index contributed by atoms with van der Waals surface area (Å²) in [5, 5.41) is 0. The van der Waals surface area contributed by atoms with Crippen LogP contribution in [0.3, 0.4) is 0 Å². The summed E-state index contributed by atoms with van der Waals surface area (Å²) in [5.41, 5.74) is 3.59. The lowest BCUT2D eigenvalue weighted by Crippen LogP contribution is -2.38. The molecule has 0 saturated carbocycles. The van der Waals surface area contributed by atoms with E-state index < -0.39 is 9.84 Å². The highest BCUT2D eigenvalue weighted by molar-refractivity contribution is 7.89. The van der Waals surface area contributed by atoms with Gasteiger partial charge in [0, 0.05) is 18.5 Å². The molecular formula is C20H21N3O3S. The van der Waals surface area contributed by atoms with Gasteiger partial charge in [-0.1, -0.05) is 30.3 Å². The molecule has 0 atom stereocenters. The number of nitrogens with zero attached hydrogens (tertiary/aromatic N) is 3. The van der Waals surface area contributed by atoms with Crippen LogP contribution in [0.2, 0.25) is 0 Å². The minimum Gasteiger partial charge on any atom is -0.318 e. The fourth-order valence-corrected chi connectivity index (χ4v) is 4.35. The molecule has 3 aromatic rings. The van der Waals surface area contributed by atoms with Gasteiger partial charge in [0.1, 0.15) is 18.1 Å². The third kappa shape index (κ3) is 3.60. The van der Waals surface area contributed by atoms with E-state index in [9.17, 15) is 13.2 Å². The van der Waals surface area contributed by atoms with Crippen molar-refractivity contribution < 1.29 is 13.2 Å². The molecule has 2 aromatic carbocycles. The van der Waals surface area contributed by atoms with Crippen LogP contribution in [0.1, 0.15) is 17.8 Å². The average Bonchev–Trinajstić information content (AvgIpc) is 2.96. The molecule has 0 fully saturated rings. The van der Waals surface area contributed by atoms with Gasteiger partial charge in [-0.2, -0.15) is 0 Å². The Bertz CT molecular complexity index is 1120. The zero-order valence-electron chi connectivity index (χ0n) is 15.1. The van der Waals surface area contributed by atoms with Crippen LogP contribution in [0.25, 0.3) is 11.0 Å². The van der Waals surface area contributed by atoms with Gasteiger partial charge in [-0.25, -0.2) is 13.4 Å². The molecule has 1 aromatic heterocycles. The molecule has 7 heteroatoms. The van der Waals surface area contributed by atoms with Crippen LogP contribution in [0.15, 0.2) is 48.5 Å². The average molecular weight is 383 g/mol. The van der Waals surface area contributed by atoms with E-state index in [1.54, 1.807) is 9.47 Å². The molecule has 1 aliphatic rings. The second kappa shape index (κ2) is 6.81. The molecule has 0 unspecified atom stereocenters. The second-order valence-corrected chi connectivity index (χ2v) is 9.09. The predicted octanol–water partition coefficient (Wildman–Crippen LogP) is 2.56. The number of imidazole rings is 1. The zero-order valence-corrected chi connectivity index (χ0v) is 15.9. The predicted molar refractivity (Wildman–Crippen MR) is 105 cm³/mol. The molecule has 6 nitrogen and oxygen atoms in total.